The lowest BCUT2D eigenvalue weighted by atomic mass is 10.1. The van der Waals surface area contributed by atoms with Crippen LogP contribution in [0.1, 0.15) is 16.7 Å². The Hall–Kier alpha value is -4.18. The second-order valence-corrected chi connectivity index (χ2v) is 7.72. The molecule has 4 heteroatoms. The molecule has 4 nitrogen and oxygen atoms in total. The monoisotopic (exact) mass is 417 g/mol. The molecule has 0 fully saturated rings. The molecule has 0 N–H and O–H groups in total. The van der Waals surface area contributed by atoms with Gasteiger partial charge < -0.3 is 4.90 Å². The number of benzene rings is 4. The zero-order chi connectivity index (χ0) is 21.8. The molecule has 1 heterocycles. The maximum atomic E-state index is 13.6. The predicted molar refractivity (Wildman–Crippen MR) is 130 cm³/mol. The van der Waals surface area contributed by atoms with Crippen molar-refractivity contribution in [2.45, 2.75) is 13.1 Å². The fourth-order valence-corrected chi connectivity index (χ4v) is 3.94. The number of carbonyl (C=O) groups is 1. The first-order valence-electron chi connectivity index (χ1n) is 10.7. The number of nitrogens with zero attached hydrogens (tertiary/aromatic N) is 3. The van der Waals surface area contributed by atoms with Crippen molar-refractivity contribution in [2.75, 3.05) is 9.91 Å². The lowest BCUT2D eigenvalue weighted by Crippen LogP contribution is -2.31. The number of para-hydroxylation sites is 2. The number of fused-ring (bicyclic) bond motifs is 1. The Bertz CT molecular complexity index is 1240. The molecule has 4 aromatic rings. The molecule has 0 atom stereocenters. The molecule has 5 rings (SSSR count). The number of anilines is 2. The molecule has 0 saturated carbocycles. The van der Waals surface area contributed by atoms with E-state index in [9.17, 15) is 4.79 Å². The molecule has 0 radical (unpaired) electrons. The van der Waals surface area contributed by atoms with Gasteiger partial charge in [-0.2, -0.15) is 5.10 Å². The van der Waals surface area contributed by atoms with Crippen molar-refractivity contribution in [2.24, 2.45) is 5.10 Å². The number of carbonyl (C=O) groups excluding carboxylic acids is 1. The van der Waals surface area contributed by atoms with Gasteiger partial charge in [0.1, 0.15) is 0 Å². The third kappa shape index (κ3) is 4.03. The highest BCUT2D eigenvalue weighted by atomic mass is 16.2. The summed E-state index contributed by atoms with van der Waals surface area (Å²) in [6.45, 7) is 1.09. The Morgan fingerprint density at radius 2 is 1.22 bits per heavy atom. The summed E-state index contributed by atoms with van der Waals surface area (Å²) in [6, 6.07) is 38.1. The van der Waals surface area contributed by atoms with E-state index in [0.29, 0.717) is 18.8 Å². The van der Waals surface area contributed by atoms with Crippen LogP contribution in [0.3, 0.4) is 0 Å². The average molecular weight is 418 g/mol. The summed E-state index contributed by atoms with van der Waals surface area (Å²) < 4.78 is 0. The fourth-order valence-electron chi connectivity index (χ4n) is 3.94. The minimum Gasteiger partial charge on any atom is -0.302 e. The van der Waals surface area contributed by atoms with Crippen LogP contribution in [-0.4, -0.2) is 11.6 Å². The SMILES string of the molecule is O=C1/C(=N/N(Cc2ccccc2)c2ccccc2)c2ccccc2N1Cc1ccccc1. The molecule has 156 valence electrons. The van der Waals surface area contributed by atoms with Crippen molar-refractivity contribution in [3.8, 4) is 0 Å². The van der Waals surface area contributed by atoms with Crippen LogP contribution in [0.15, 0.2) is 120 Å². The first kappa shape index (κ1) is 19.8. The van der Waals surface area contributed by atoms with Gasteiger partial charge in [0, 0.05) is 5.56 Å². The second kappa shape index (κ2) is 8.90. The van der Waals surface area contributed by atoms with Gasteiger partial charge in [0.25, 0.3) is 5.91 Å². The van der Waals surface area contributed by atoms with Crippen molar-refractivity contribution >= 4 is 23.0 Å². The zero-order valence-electron chi connectivity index (χ0n) is 17.6. The highest BCUT2D eigenvalue weighted by Gasteiger charge is 2.34. The third-order valence-electron chi connectivity index (χ3n) is 5.53. The van der Waals surface area contributed by atoms with Crippen molar-refractivity contribution in [3.05, 3.63) is 132 Å². The van der Waals surface area contributed by atoms with Gasteiger partial charge in [-0.3, -0.25) is 9.80 Å². The van der Waals surface area contributed by atoms with Crippen LogP contribution in [0, 0.1) is 0 Å². The first-order chi connectivity index (χ1) is 15.8. The quantitative estimate of drug-likeness (QED) is 0.380. The minimum atomic E-state index is -0.0796. The van der Waals surface area contributed by atoms with Crippen molar-refractivity contribution in [1.82, 2.24) is 0 Å². The Morgan fingerprint density at radius 1 is 0.656 bits per heavy atom. The molecular weight excluding hydrogens is 394 g/mol. The molecule has 0 aromatic heterocycles. The van der Waals surface area contributed by atoms with E-state index >= 15 is 0 Å². The highest BCUT2D eigenvalue weighted by molar-refractivity contribution is 6.54. The third-order valence-corrected chi connectivity index (χ3v) is 5.53. The van der Waals surface area contributed by atoms with E-state index < -0.39 is 0 Å². The van der Waals surface area contributed by atoms with E-state index in [-0.39, 0.29) is 5.91 Å². The molecule has 1 aliphatic rings. The Balaban J connectivity index is 1.54. The van der Waals surface area contributed by atoms with Crippen LogP contribution >= 0.6 is 0 Å². The molecule has 1 aliphatic heterocycles. The summed E-state index contributed by atoms with van der Waals surface area (Å²) in [5.74, 6) is -0.0796. The summed E-state index contributed by atoms with van der Waals surface area (Å²) in [6.07, 6.45) is 0. The van der Waals surface area contributed by atoms with E-state index in [1.807, 2.05) is 113 Å². The topological polar surface area (TPSA) is 35.9 Å². The van der Waals surface area contributed by atoms with Crippen molar-refractivity contribution in [3.63, 3.8) is 0 Å². The highest BCUT2D eigenvalue weighted by Crippen LogP contribution is 2.31. The molecule has 4 aromatic carbocycles. The summed E-state index contributed by atoms with van der Waals surface area (Å²) in [4.78, 5) is 15.4. The molecular formula is C28H23N3O. The van der Waals surface area contributed by atoms with Gasteiger partial charge in [-0.05, 0) is 29.3 Å². The average Bonchev–Trinajstić information content (AvgIpc) is 3.11. The second-order valence-electron chi connectivity index (χ2n) is 7.72. The standard InChI is InChI=1S/C28H23N3O/c32-28-27(25-18-10-11-19-26(25)30(28)20-22-12-4-1-5-13-22)29-31(24-16-8-3-9-17-24)21-23-14-6-2-7-15-23/h1-19H,20-21H2/b29-27+. The fraction of sp³-hybridized carbons (Fsp3) is 0.0714. The molecule has 0 bridgehead atoms. The molecule has 0 saturated heterocycles. The molecule has 0 unspecified atom stereocenters. The Labute approximate surface area is 188 Å². The van der Waals surface area contributed by atoms with Gasteiger partial charge in [0.15, 0.2) is 5.71 Å². The smallest absolute Gasteiger partial charge is 0.279 e. The number of hydrazone groups is 1. The summed E-state index contributed by atoms with van der Waals surface area (Å²) in [5, 5.41) is 6.82. The minimum absolute atomic E-state index is 0.0796. The molecule has 0 spiro atoms. The van der Waals surface area contributed by atoms with Crippen LogP contribution in [0.25, 0.3) is 0 Å². The van der Waals surface area contributed by atoms with Gasteiger partial charge in [-0.25, -0.2) is 0 Å². The number of rotatable bonds is 6. The van der Waals surface area contributed by atoms with Crippen LogP contribution in [-0.2, 0) is 17.9 Å². The maximum absolute atomic E-state index is 13.6. The number of hydrogen-bond donors (Lipinski definition) is 0. The summed E-state index contributed by atoms with van der Waals surface area (Å²) >= 11 is 0. The predicted octanol–water partition coefficient (Wildman–Crippen LogP) is 5.64. The van der Waals surface area contributed by atoms with E-state index in [4.69, 9.17) is 5.10 Å². The normalized spacial score (nSPS) is 13.9. The largest absolute Gasteiger partial charge is 0.302 e. The Kier molecular flexibility index (Phi) is 5.50. The van der Waals surface area contributed by atoms with Gasteiger partial charge in [0.05, 0.1) is 24.5 Å². The van der Waals surface area contributed by atoms with Gasteiger partial charge in [-0.15, -0.1) is 0 Å². The number of amides is 1. The van der Waals surface area contributed by atoms with Gasteiger partial charge in [0.2, 0.25) is 0 Å². The van der Waals surface area contributed by atoms with Gasteiger partial charge in [-0.1, -0.05) is 97.1 Å². The van der Waals surface area contributed by atoms with Crippen LogP contribution < -0.4 is 9.91 Å². The van der Waals surface area contributed by atoms with Gasteiger partial charge >= 0.3 is 0 Å². The van der Waals surface area contributed by atoms with E-state index in [1.54, 1.807) is 0 Å². The summed E-state index contributed by atoms with van der Waals surface area (Å²) in [7, 11) is 0. The van der Waals surface area contributed by atoms with E-state index in [1.165, 1.54) is 0 Å². The lowest BCUT2D eigenvalue weighted by Gasteiger charge is -2.20. The first-order valence-corrected chi connectivity index (χ1v) is 10.7. The van der Waals surface area contributed by atoms with Crippen LogP contribution in [0.5, 0.6) is 0 Å². The molecule has 32 heavy (non-hydrogen) atoms. The van der Waals surface area contributed by atoms with Crippen LogP contribution in [0.4, 0.5) is 11.4 Å². The maximum Gasteiger partial charge on any atom is 0.279 e. The zero-order valence-corrected chi connectivity index (χ0v) is 17.6. The molecule has 0 aliphatic carbocycles. The van der Waals surface area contributed by atoms with E-state index in [2.05, 4.69) is 12.1 Å². The Morgan fingerprint density at radius 3 is 1.91 bits per heavy atom. The van der Waals surface area contributed by atoms with Crippen LogP contribution in [0.2, 0.25) is 0 Å². The van der Waals surface area contributed by atoms with E-state index in [0.717, 1.165) is 28.1 Å². The summed E-state index contributed by atoms with van der Waals surface area (Å²) in [5.41, 5.74) is 5.38. The van der Waals surface area contributed by atoms with Crippen molar-refractivity contribution < 1.29 is 4.79 Å². The number of hydrogen-bond acceptors (Lipinski definition) is 3. The molecule has 1 amide bonds. The lowest BCUT2D eigenvalue weighted by molar-refractivity contribution is -0.112. The van der Waals surface area contributed by atoms with Crippen molar-refractivity contribution in [1.29, 1.82) is 0 Å².